The summed E-state index contributed by atoms with van der Waals surface area (Å²) in [5.41, 5.74) is 0. The van der Waals surface area contributed by atoms with Crippen molar-refractivity contribution in [2.24, 2.45) is 0 Å². The topological polar surface area (TPSA) is 143 Å². The predicted molar refractivity (Wildman–Crippen MR) is 69.9 cm³/mol. The van der Waals surface area contributed by atoms with Crippen LogP contribution in [0.4, 0.5) is 4.79 Å². The number of aliphatic hydroxyl groups excluding tert-OH is 2. The van der Waals surface area contributed by atoms with Crippen molar-refractivity contribution in [1.29, 1.82) is 0 Å². The molecule has 0 unspecified atom stereocenters. The first-order chi connectivity index (χ1) is 9.69. The second-order valence-corrected chi connectivity index (χ2v) is 6.14. The van der Waals surface area contributed by atoms with Crippen molar-refractivity contribution >= 4 is 16.1 Å². The molecule has 0 spiro atoms. The van der Waals surface area contributed by atoms with Gasteiger partial charge in [-0.25, -0.2) is 4.79 Å². The predicted octanol–water partition coefficient (Wildman–Crippen LogP) is -2.65. The lowest BCUT2D eigenvalue weighted by Gasteiger charge is -2.41. The Morgan fingerprint density at radius 1 is 1.33 bits per heavy atom. The van der Waals surface area contributed by atoms with Gasteiger partial charge in [0.1, 0.15) is 24.4 Å². The quantitative estimate of drug-likeness (QED) is 0.401. The third-order valence-corrected chi connectivity index (χ3v) is 3.47. The minimum absolute atomic E-state index is 0.483. The smallest absolute Gasteiger partial charge is 0.315 e. The van der Waals surface area contributed by atoms with Gasteiger partial charge in [-0.05, 0) is 0 Å². The third-order valence-electron chi connectivity index (χ3n) is 2.90. The van der Waals surface area contributed by atoms with E-state index in [2.05, 4.69) is 14.8 Å². The minimum atomic E-state index is -3.72. The molecule has 0 aliphatic carbocycles. The number of ether oxygens (including phenoxy) is 2. The largest absolute Gasteiger partial charge is 0.388 e. The molecule has 1 heterocycles. The third kappa shape index (κ3) is 5.05. The van der Waals surface area contributed by atoms with Crippen LogP contribution in [0.15, 0.2) is 0 Å². The lowest BCUT2D eigenvalue weighted by Crippen LogP contribution is -2.65. The van der Waals surface area contributed by atoms with E-state index in [-0.39, 0.29) is 0 Å². The van der Waals surface area contributed by atoms with Crippen molar-refractivity contribution in [3.05, 3.63) is 0 Å². The van der Waals surface area contributed by atoms with Gasteiger partial charge in [0.15, 0.2) is 6.29 Å². The summed E-state index contributed by atoms with van der Waals surface area (Å²) >= 11 is 0. The van der Waals surface area contributed by atoms with Crippen LogP contribution in [0, 0.1) is 0 Å². The summed E-state index contributed by atoms with van der Waals surface area (Å²) in [5, 5.41) is 24.6. The zero-order valence-electron chi connectivity index (χ0n) is 11.8. The highest BCUT2D eigenvalue weighted by Crippen LogP contribution is 2.22. The van der Waals surface area contributed by atoms with E-state index in [9.17, 15) is 23.4 Å². The summed E-state index contributed by atoms with van der Waals surface area (Å²) in [7, 11) is -1.06. The van der Waals surface area contributed by atoms with Gasteiger partial charge in [0.05, 0.1) is 12.9 Å². The second kappa shape index (κ2) is 7.33. The highest BCUT2D eigenvalue weighted by Gasteiger charge is 2.45. The maximum absolute atomic E-state index is 11.3. The van der Waals surface area contributed by atoms with Gasteiger partial charge in [0.25, 0.3) is 10.1 Å². The van der Waals surface area contributed by atoms with Crippen LogP contribution in [0.25, 0.3) is 0 Å². The molecule has 1 aliphatic heterocycles. The van der Waals surface area contributed by atoms with E-state index in [1.54, 1.807) is 0 Å². The number of methoxy groups -OCH3 is 1. The lowest BCUT2D eigenvalue weighted by atomic mass is 9.97. The van der Waals surface area contributed by atoms with Gasteiger partial charge in [0.2, 0.25) is 0 Å². The number of carbonyl (C=O) groups is 1. The van der Waals surface area contributed by atoms with Gasteiger partial charge in [-0.3, -0.25) is 4.18 Å². The Labute approximate surface area is 122 Å². The van der Waals surface area contributed by atoms with E-state index >= 15 is 0 Å². The molecule has 11 heteroatoms. The van der Waals surface area contributed by atoms with E-state index < -0.39 is 53.4 Å². The Balaban J connectivity index is 2.77. The molecule has 124 valence electrons. The number of nitrogens with one attached hydrogen (secondary N) is 2. The minimum Gasteiger partial charge on any atom is -0.388 e. The summed E-state index contributed by atoms with van der Waals surface area (Å²) in [6, 6.07) is -1.62. The number of aliphatic hydroxyl groups is 2. The Morgan fingerprint density at radius 3 is 2.43 bits per heavy atom. The van der Waals surface area contributed by atoms with Gasteiger partial charge < -0.3 is 30.3 Å². The fraction of sp³-hybridized carbons (Fsp3) is 0.900. The first kappa shape index (κ1) is 18.1. The molecule has 2 amide bonds. The number of amides is 2. The van der Waals surface area contributed by atoms with Crippen LogP contribution in [0.3, 0.4) is 0 Å². The molecule has 4 N–H and O–H groups in total. The van der Waals surface area contributed by atoms with E-state index in [0.717, 1.165) is 6.26 Å². The Morgan fingerprint density at radius 2 is 1.95 bits per heavy atom. The maximum atomic E-state index is 11.3. The zero-order chi connectivity index (χ0) is 16.2. The van der Waals surface area contributed by atoms with Crippen LogP contribution in [-0.4, -0.2) is 82.3 Å². The van der Waals surface area contributed by atoms with Gasteiger partial charge in [-0.1, -0.05) is 0 Å². The lowest BCUT2D eigenvalue weighted by molar-refractivity contribution is -0.259. The van der Waals surface area contributed by atoms with E-state index in [4.69, 9.17) is 9.47 Å². The highest BCUT2D eigenvalue weighted by molar-refractivity contribution is 7.85. The molecule has 0 radical (unpaired) electrons. The average Bonchev–Trinajstić information content (AvgIpc) is 2.41. The molecule has 0 aromatic rings. The van der Waals surface area contributed by atoms with Gasteiger partial charge in [-0.2, -0.15) is 8.42 Å². The number of hydrogen-bond donors (Lipinski definition) is 4. The van der Waals surface area contributed by atoms with Crippen molar-refractivity contribution in [2.75, 3.05) is 27.0 Å². The highest BCUT2D eigenvalue weighted by atomic mass is 32.2. The van der Waals surface area contributed by atoms with E-state index in [1.165, 1.54) is 14.2 Å². The van der Waals surface area contributed by atoms with Gasteiger partial charge >= 0.3 is 6.03 Å². The van der Waals surface area contributed by atoms with Crippen molar-refractivity contribution in [3.8, 4) is 0 Å². The molecular formula is C10H20N2O8S. The zero-order valence-corrected chi connectivity index (χ0v) is 12.7. The number of hydrogen-bond acceptors (Lipinski definition) is 8. The van der Waals surface area contributed by atoms with Crippen LogP contribution in [0.2, 0.25) is 0 Å². The van der Waals surface area contributed by atoms with Crippen LogP contribution in [0.1, 0.15) is 0 Å². The summed E-state index contributed by atoms with van der Waals surface area (Å²) in [5.74, 6) is 0. The molecule has 1 aliphatic rings. The van der Waals surface area contributed by atoms with Crippen molar-refractivity contribution in [3.63, 3.8) is 0 Å². The summed E-state index contributed by atoms with van der Waals surface area (Å²) in [6.45, 7) is -0.483. The van der Waals surface area contributed by atoms with Crippen LogP contribution in [0.5, 0.6) is 0 Å². The molecule has 0 bridgehead atoms. The molecule has 1 rings (SSSR count). The fourth-order valence-corrected chi connectivity index (χ4v) is 2.22. The molecular weight excluding hydrogens is 308 g/mol. The van der Waals surface area contributed by atoms with Gasteiger partial charge in [0, 0.05) is 14.2 Å². The molecule has 0 aromatic carbocycles. The van der Waals surface area contributed by atoms with E-state index in [0.29, 0.717) is 0 Å². The monoisotopic (exact) mass is 328 g/mol. The fourth-order valence-electron chi connectivity index (χ4n) is 1.84. The van der Waals surface area contributed by atoms with Crippen LogP contribution >= 0.6 is 0 Å². The Hall–Kier alpha value is -0.980. The van der Waals surface area contributed by atoms with Gasteiger partial charge in [-0.15, -0.1) is 0 Å². The number of rotatable bonds is 5. The van der Waals surface area contributed by atoms with Crippen molar-refractivity contribution in [2.45, 2.75) is 30.6 Å². The maximum Gasteiger partial charge on any atom is 0.315 e. The summed E-state index contributed by atoms with van der Waals surface area (Å²) < 4.78 is 36.7. The van der Waals surface area contributed by atoms with Crippen LogP contribution in [-0.2, 0) is 23.8 Å². The molecule has 0 aromatic heterocycles. The molecule has 0 saturated carbocycles. The summed E-state index contributed by atoms with van der Waals surface area (Å²) in [4.78, 5) is 11.3. The first-order valence-electron chi connectivity index (χ1n) is 6.06. The van der Waals surface area contributed by atoms with E-state index in [1.807, 2.05) is 0 Å². The number of carbonyl (C=O) groups excluding carboxylic acids is 1. The Kier molecular flexibility index (Phi) is 6.31. The molecule has 21 heavy (non-hydrogen) atoms. The first-order valence-corrected chi connectivity index (χ1v) is 7.88. The Bertz CT molecular complexity index is 454. The standard InChI is InChI=1S/C10H20N2O8S/c1-11-10(15)12-6-8(14)7(13)5(20-9(6)18-2)4-19-21(3,16)17/h5-9,13-14H,4H2,1-3H3,(H2,11,12,15)/t5-,6+,7-,8-,9+/m1/s1. The van der Waals surface area contributed by atoms with Crippen molar-refractivity contribution < 1.29 is 37.1 Å². The second-order valence-electron chi connectivity index (χ2n) is 4.50. The molecule has 1 fully saturated rings. The SMILES string of the molecule is CNC(=O)N[C@@H]1[C@@H](OC)O[C@H](COS(C)(=O)=O)[C@@H](O)[C@@H]1O. The normalized spacial score (nSPS) is 33.5. The molecule has 10 nitrogen and oxygen atoms in total. The summed E-state index contributed by atoms with van der Waals surface area (Å²) in [6.07, 6.45) is -4.23. The average molecular weight is 328 g/mol. The number of urea groups is 1. The molecule has 1 saturated heterocycles. The van der Waals surface area contributed by atoms with Crippen molar-refractivity contribution in [1.82, 2.24) is 10.6 Å². The molecule has 5 atom stereocenters. The van der Waals surface area contributed by atoms with Crippen LogP contribution < -0.4 is 10.6 Å².